The molecule has 0 bridgehead atoms. The van der Waals surface area contributed by atoms with Crippen LogP contribution in [0.15, 0.2) is 53.5 Å². The number of anilines is 1. The molecule has 2 aromatic rings. The number of carbonyl (C=O) groups excluding carboxylic acids is 1. The van der Waals surface area contributed by atoms with E-state index in [-0.39, 0.29) is 11.9 Å². The summed E-state index contributed by atoms with van der Waals surface area (Å²) in [7, 11) is 1.65. The maximum absolute atomic E-state index is 13.3. The summed E-state index contributed by atoms with van der Waals surface area (Å²) in [5, 5.41) is 9.32. The van der Waals surface area contributed by atoms with E-state index in [1.807, 2.05) is 31.2 Å². The maximum Gasteiger partial charge on any atom is 0.239 e. The molecule has 2 aromatic carbocycles. The van der Waals surface area contributed by atoms with Crippen LogP contribution >= 0.6 is 0 Å². The highest BCUT2D eigenvalue weighted by Gasteiger charge is 2.47. The van der Waals surface area contributed by atoms with E-state index in [4.69, 9.17) is 10.7 Å². The van der Waals surface area contributed by atoms with Crippen LogP contribution in [0.5, 0.6) is 0 Å². The standard InChI is InChI=1S/C23H25N5O/c1-23(18-7-5-6-16(14-18)15-24)20(21(29)27(2)22(25)26-23)17-8-10-19(11-9-17)28-12-3-4-13-28/h5-11,14,20H,3-4,12-13H2,1-2H3,(H2,25,26)/t20-,23-/m1/s1. The number of guanidine groups is 1. The van der Waals surface area contributed by atoms with Gasteiger partial charge in [-0.3, -0.25) is 9.69 Å². The minimum atomic E-state index is -0.893. The smallest absolute Gasteiger partial charge is 0.239 e. The van der Waals surface area contributed by atoms with Crippen molar-refractivity contribution in [2.45, 2.75) is 31.2 Å². The van der Waals surface area contributed by atoms with Crippen molar-refractivity contribution in [3.05, 3.63) is 65.2 Å². The second-order valence-corrected chi connectivity index (χ2v) is 7.93. The summed E-state index contributed by atoms with van der Waals surface area (Å²) in [6.07, 6.45) is 2.43. The predicted octanol–water partition coefficient (Wildman–Crippen LogP) is 2.94. The lowest BCUT2D eigenvalue weighted by Gasteiger charge is -2.41. The molecule has 2 aliphatic rings. The molecule has 1 amide bonds. The van der Waals surface area contributed by atoms with Crippen LogP contribution in [0.3, 0.4) is 0 Å². The van der Waals surface area contributed by atoms with E-state index in [2.05, 4.69) is 23.1 Å². The summed E-state index contributed by atoms with van der Waals surface area (Å²) in [5.74, 6) is -0.442. The Morgan fingerprint density at radius 3 is 2.52 bits per heavy atom. The van der Waals surface area contributed by atoms with E-state index in [1.165, 1.54) is 23.4 Å². The summed E-state index contributed by atoms with van der Waals surface area (Å²) in [4.78, 5) is 21.8. The van der Waals surface area contributed by atoms with Gasteiger partial charge < -0.3 is 10.6 Å². The molecule has 2 heterocycles. The highest BCUT2D eigenvalue weighted by atomic mass is 16.2. The Balaban J connectivity index is 1.79. The summed E-state index contributed by atoms with van der Waals surface area (Å²) in [5.41, 5.74) is 8.60. The molecule has 2 aliphatic heterocycles. The number of hydrogen-bond acceptors (Lipinski definition) is 5. The zero-order valence-electron chi connectivity index (χ0n) is 16.8. The van der Waals surface area contributed by atoms with Gasteiger partial charge in [-0.1, -0.05) is 24.3 Å². The number of hydrogen-bond donors (Lipinski definition) is 1. The van der Waals surface area contributed by atoms with Crippen LogP contribution < -0.4 is 10.6 Å². The number of benzene rings is 2. The summed E-state index contributed by atoms with van der Waals surface area (Å²) < 4.78 is 0. The van der Waals surface area contributed by atoms with Gasteiger partial charge in [-0.2, -0.15) is 5.26 Å². The molecule has 0 spiro atoms. The lowest BCUT2D eigenvalue weighted by molar-refractivity contribution is -0.130. The number of rotatable bonds is 3. The number of nitrogens with zero attached hydrogens (tertiary/aromatic N) is 4. The van der Waals surface area contributed by atoms with Gasteiger partial charge in [0.2, 0.25) is 5.91 Å². The third-order valence-corrected chi connectivity index (χ3v) is 6.10. The molecule has 0 unspecified atom stereocenters. The number of amides is 1. The van der Waals surface area contributed by atoms with Crippen LogP contribution in [0, 0.1) is 11.3 Å². The second-order valence-electron chi connectivity index (χ2n) is 7.93. The lowest BCUT2D eigenvalue weighted by Crippen LogP contribution is -2.52. The molecule has 29 heavy (non-hydrogen) atoms. The van der Waals surface area contributed by atoms with Gasteiger partial charge in [-0.15, -0.1) is 0 Å². The van der Waals surface area contributed by atoms with E-state index < -0.39 is 11.5 Å². The maximum atomic E-state index is 13.3. The number of nitriles is 1. The number of nitrogens with two attached hydrogens (primary N) is 1. The van der Waals surface area contributed by atoms with Gasteiger partial charge in [-0.25, -0.2) is 4.99 Å². The largest absolute Gasteiger partial charge is 0.372 e. The Morgan fingerprint density at radius 2 is 1.86 bits per heavy atom. The average Bonchev–Trinajstić information content (AvgIpc) is 3.28. The predicted molar refractivity (Wildman–Crippen MR) is 114 cm³/mol. The first-order valence-electron chi connectivity index (χ1n) is 9.92. The Bertz CT molecular complexity index is 1000. The van der Waals surface area contributed by atoms with E-state index >= 15 is 0 Å². The summed E-state index contributed by atoms with van der Waals surface area (Å²) in [6, 6.07) is 17.6. The van der Waals surface area contributed by atoms with Crippen LogP contribution in [-0.2, 0) is 10.3 Å². The molecule has 0 aromatic heterocycles. The van der Waals surface area contributed by atoms with Gasteiger partial charge in [-0.05, 0) is 55.2 Å². The van der Waals surface area contributed by atoms with Gasteiger partial charge in [0, 0.05) is 25.8 Å². The van der Waals surface area contributed by atoms with E-state index in [1.54, 1.807) is 19.2 Å². The summed E-state index contributed by atoms with van der Waals surface area (Å²) >= 11 is 0. The molecule has 1 fully saturated rings. The fraction of sp³-hybridized carbons (Fsp3) is 0.348. The third-order valence-electron chi connectivity index (χ3n) is 6.10. The third kappa shape index (κ3) is 3.23. The van der Waals surface area contributed by atoms with Crippen LogP contribution in [0.2, 0.25) is 0 Å². The zero-order valence-corrected chi connectivity index (χ0v) is 16.8. The Morgan fingerprint density at radius 1 is 1.17 bits per heavy atom. The molecule has 1 saturated heterocycles. The van der Waals surface area contributed by atoms with Crippen molar-refractivity contribution in [1.82, 2.24) is 4.90 Å². The number of aliphatic imine (C=N–C) groups is 1. The topological polar surface area (TPSA) is 85.7 Å². The fourth-order valence-electron chi connectivity index (χ4n) is 4.38. The van der Waals surface area contributed by atoms with Crippen LogP contribution in [0.4, 0.5) is 5.69 Å². The van der Waals surface area contributed by atoms with Crippen LogP contribution in [-0.4, -0.2) is 36.9 Å². The fourth-order valence-corrected chi connectivity index (χ4v) is 4.38. The molecule has 0 radical (unpaired) electrons. The molecule has 148 valence electrons. The molecule has 6 heteroatoms. The van der Waals surface area contributed by atoms with Crippen molar-refractivity contribution in [1.29, 1.82) is 5.26 Å². The molecule has 2 atom stereocenters. The number of likely N-dealkylation sites (N-methyl/N-ethyl adjacent to an activating group) is 1. The monoisotopic (exact) mass is 387 g/mol. The van der Waals surface area contributed by atoms with Crippen molar-refractivity contribution in [3.63, 3.8) is 0 Å². The molecule has 0 saturated carbocycles. The number of carbonyl (C=O) groups is 1. The van der Waals surface area contributed by atoms with Gasteiger partial charge >= 0.3 is 0 Å². The Hall–Kier alpha value is -3.33. The quantitative estimate of drug-likeness (QED) is 0.877. The van der Waals surface area contributed by atoms with Gasteiger partial charge in [0.05, 0.1) is 17.6 Å². The molecule has 2 N–H and O–H groups in total. The molecular weight excluding hydrogens is 362 g/mol. The van der Waals surface area contributed by atoms with Crippen molar-refractivity contribution in [2.24, 2.45) is 10.7 Å². The molecule has 4 rings (SSSR count). The van der Waals surface area contributed by atoms with E-state index in [0.29, 0.717) is 5.56 Å². The second kappa shape index (κ2) is 7.25. The molecule has 0 aliphatic carbocycles. The average molecular weight is 387 g/mol. The van der Waals surface area contributed by atoms with Crippen LogP contribution in [0.1, 0.15) is 42.4 Å². The zero-order chi connectivity index (χ0) is 20.6. The van der Waals surface area contributed by atoms with Gasteiger partial charge in [0.15, 0.2) is 5.96 Å². The lowest BCUT2D eigenvalue weighted by atomic mass is 9.74. The van der Waals surface area contributed by atoms with Crippen molar-refractivity contribution in [3.8, 4) is 6.07 Å². The normalized spacial score (nSPS) is 24.4. The van der Waals surface area contributed by atoms with E-state index in [0.717, 1.165) is 24.2 Å². The van der Waals surface area contributed by atoms with E-state index in [9.17, 15) is 10.1 Å². The Labute approximate surface area is 171 Å². The molecular formula is C23H25N5O. The summed E-state index contributed by atoms with van der Waals surface area (Å²) in [6.45, 7) is 4.06. The van der Waals surface area contributed by atoms with Crippen LogP contribution in [0.25, 0.3) is 0 Å². The minimum Gasteiger partial charge on any atom is -0.372 e. The SMILES string of the molecule is CN1C(=O)[C@@H](c2ccc(N3CCCC3)cc2)[C@@](C)(c2cccc(C#N)c2)N=C1N. The minimum absolute atomic E-state index is 0.101. The first-order valence-corrected chi connectivity index (χ1v) is 9.92. The highest BCUT2D eigenvalue weighted by Crippen LogP contribution is 2.44. The molecule has 6 nitrogen and oxygen atoms in total. The van der Waals surface area contributed by atoms with Crippen molar-refractivity contribution >= 4 is 17.6 Å². The first-order chi connectivity index (χ1) is 13.9. The Kier molecular flexibility index (Phi) is 4.75. The van der Waals surface area contributed by atoms with Gasteiger partial charge in [0.1, 0.15) is 5.54 Å². The van der Waals surface area contributed by atoms with Gasteiger partial charge in [0.25, 0.3) is 0 Å². The first kappa shape index (κ1) is 19.0. The van der Waals surface area contributed by atoms with Crippen molar-refractivity contribution < 1.29 is 4.79 Å². The highest BCUT2D eigenvalue weighted by molar-refractivity contribution is 6.02. The van der Waals surface area contributed by atoms with Crippen molar-refractivity contribution in [2.75, 3.05) is 25.0 Å².